The molecule has 7 heteroatoms. The highest BCUT2D eigenvalue weighted by atomic mass is 32.2. The number of para-hydroxylation sites is 1. The van der Waals surface area contributed by atoms with Crippen LogP contribution in [0, 0.1) is 20.8 Å². The lowest BCUT2D eigenvalue weighted by molar-refractivity contribution is -0.114. The Hall–Kier alpha value is -3.32. The summed E-state index contributed by atoms with van der Waals surface area (Å²) >= 11 is 0. The number of carbonyl (C=O) groups is 1. The fourth-order valence-electron chi connectivity index (χ4n) is 3.47. The number of rotatable bonds is 7. The first-order valence-electron chi connectivity index (χ1n) is 9.82. The molecule has 3 aromatic rings. The van der Waals surface area contributed by atoms with Gasteiger partial charge < -0.3 is 10.1 Å². The second kappa shape index (κ2) is 9.22. The third-order valence-corrected chi connectivity index (χ3v) is 6.71. The van der Waals surface area contributed by atoms with Crippen molar-refractivity contribution >= 4 is 27.3 Å². The van der Waals surface area contributed by atoms with Crippen molar-refractivity contribution in [2.75, 3.05) is 23.3 Å². The van der Waals surface area contributed by atoms with Crippen molar-refractivity contribution in [1.82, 2.24) is 0 Å². The summed E-state index contributed by atoms with van der Waals surface area (Å²) in [4.78, 5) is 13.0. The first-order chi connectivity index (χ1) is 14.7. The van der Waals surface area contributed by atoms with Crippen LogP contribution in [0.1, 0.15) is 16.7 Å². The third-order valence-electron chi connectivity index (χ3n) is 4.92. The van der Waals surface area contributed by atoms with Gasteiger partial charge in [-0.05, 0) is 68.3 Å². The van der Waals surface area contributed by atoms with Gasteiger partial charge in [0, 0.05) is 5.69 Å². The summed E-state index contributed by atoms with van der Waals surface area (Å²) in [7, 11) is -2.46. The number of hydrogen-bond donors (Lipinski definition) is 1. The maximum absolute atomic E-state index is 13.4. The summed E-state index contributed by atoms with van der Waals surface area (Å²) in [6.07, 6.45) is 0. The molecule has 31 heavy (non-hydrogen) atoms. The lowest BCUT2D eigenvalue weighted by Crippen LogP contribution is -2.38. The van der Waals surface area contributed by atoms with E-state index < -0.39 is 15.9 Å². The summed E-state index contributed by atoms with van der Waals surface area (Å²) in [5.41, 5.74) is 4.06. The standard InChI is InChI=1S/C24H26N2O4S/c1-17-14-18(2)24(19(3)15-17)25-23(27)16-26(20-8-6-5-7-9-20)31(28,29)22-12-10-21(30-4)11-13-22/h5-15H,16H2,1-4H3,(H,25,27). The second-order valence-electron chi connectivity index (χ2n) is 7.34. The van der Waals surface area contributed by atoms with E-state index in [4.69, 9.17) is 4.74 Å². The molecule has 0 heterocycles. The van der Waals surface area contributed by atoms with Crippen molar-refractivity contribution in [3.8, 4) is 5.75 Å². The fraction of sp³-hybridized carbons (Fsp3) is 0.208. The molecule has 1 amide bonds. The smallest absolute Gasteiger partial charge is 0.264 e. The summed E-state index contributed by atoms with van der Waals surface area (Å²) < 4.78 is 33.0. The Morgan fingerprint density at radius 3 is 2.06 bits per heavy atom. The van der Waals surface area contributed by atoms with Crippen molar-refractivity contribution in [2.45, 2.75) is 25.7 Å². The van der Waals surface area contributed by atoms with Gasteiger partial charge in [0.25, 0.3) is 10.0 Å². The SMILES string of the molecule is COc1ccc(S(=O)(=O)N(CC(=O)Nc2c(C)cc(C)cc2C)c2ccccc2)cc1. The number of sulfonamides is 1. The Kier molecular flexibility index (Phi) is 6.65. The van der Waals surface area contributed by atoms with Gasteiger partial charge in [0.05, 0.1) is 17.7 Å². The molecule has 0 spiro atoms. The fourth-order valence-corrected chi connectivity index (χ4v) is 4.89. The zero-order valence-electron chi connectivity index (χ0n) is 18.0. The number of nitrogens with zero attached hydrogens (tertiary/aromatic N) is 1. The first kappa shape index (κ1) is 22.4. The molecule has 0 bridgehead atoms. The second-order valence-corrected chi connectivity index (χ2v) is 9.21. The van der Waals surface area contributed by atoms with E-state index in [2.05, 4.69) is 5.32 Å². The minimum Gasteiger partial charge on any atom is -0.497 e. The predicted molar refractivity (Wildman–Crippen MR) is 123 cm³/mol. The topological polar surface area (TPSA) is 75.7 Å². The van der Waals surface area contributed by atoms with Crippen LogP contribution >= 0.6 is 0 Å². The summed E-state index contributed by atoms with van der Waals surface area (Å²) in [6.45, 7) is 5.46. The molecule has 0 fully saturated rings. The number of ether oxygens (including phenoxy) is 1. The molecule has 0 aliphatic carbocycles. The van der Waals surface area contributed by atoms with Crippen molar-refractivity contribution < 1.29 is 17.9 Å². The Labute approximate surface area is 183 Å². The third kappa shape index (κ3) is 5.06. The lowest BCUT2D eigenvalue weighted by atomic mass is 10.1. The number of carbonyl (C=O) groups excluding carboxylic acids is 1. The van der Waals surface area contributed by atoms with Gasteiger partial charge in [-0.1, -0.05) is 35.9 Å². The maximum Gasteiger partial charge on any atom is 0.264 e. The molecule has 0 saturated carbocycles. The van der Waals surface area contributed by atoms with Crippen LogP contribution in [-0.2, 0) is 14.8 Å². The number of methoxy groups -OCH3 is 1. The Morgan fingerprint density at radius 1 is 0.935 bits per heavy atom. The molecule has 0 atom stereocenters. The zero-order valence-corrected chi connectivity index (χ0v) is 18.9. The number of hydrogen-bond acceptors (Lipinski definition) is 4. The van der Waals surface area contributed by atoms with Gasteiger partial charge in [-0.15, -0.1) is 0 Å². The van der Waals surface area contributed by atoms with E-state index in [1.807, 2.05) is 32.9 Å². The van der Waals surface area contributed by atoms with Crippen LogP contribution in [0.2, 0.25) is 0 Å². The molecule has 3 rings (SSSR count). The molecule has 0 aliphatic rings. The van der Waals surface area contributed by atoms with Crippen molar-refractivity contribution in [3.05, 3.63) is 83.4 Å². The average Bonchev–Trinajstić information content (AvgIpc) is 2.75. The molecule has 0 aromatic heterocycles. The Bertz CT molecular complexity index is 1150. The van der Waals surface area contributed by atoms with E-state index >= 15 is 0 Å². The molecule has 0 aliphatic heterocycles. The molecule has 1 N–H and O–H groups in total. The van der Waals surface area contributed by atoms with E-state index in [0.29, 0.717) is 17.1 Å². The molecule has 3 aromatic carbocycles. The minimum absolute atomic E-state index is 0.0765. The van der Waals surface area contributed by atoms with Crippen LogP contribution in [0.3, 0.4) is 0 Å². The van der Waals surface area contributed by atoms with Crippen LogP contribution < -0.4 is 14.4 Å². The van der Waals surface area contributed by atoms with Gasteiger partial charge in [0.1, 0.15) is 12.3 Å². The monoisotopic (exact) mass is 438 g/mol. The Morgan fingerprint density at radius 2 is 1.52 bits per heavy atom. The summed E-state index contributed by atoms with van der Waals surface area (Å²) in [5, 5.41) is 2.88. The minimum atomic E-state index is -3.98. The lowest BCUT2D eigenvalue weighted by Gasteiger charge is -2.24. The largest absolute Gasteiger partial charge is 0.497 e. The molecule has 6 nitrogen and oxygen atoms in total. The molecule has 162 valence electrons. The van der Waals surface area contributed by atoms with E-state index in [-0.39, 0.29) is 11.4 Å². The van der Waals surface area contributed by atoms with Crippen LogP contribution in [0.5, 0.6) is 5.75 Å². The van der Waals surface area contributed by atoms with Gasteiger partial charge in [0.2, 0.25) is 5.91 Å². The van der Waals surface area contributed by atoms with Crippen molar-refractivity contribution in [2.24, 2.45) is 0 Å². The van der Waals surface area contributed by atoms with Gasteiger partial charge in [0.15, 0.2) is 0 Å². The van der Waals surface area contributed by atoms with Crippen molar-refractivity contribution in [1.29, 1.82) is 0 Å². The first-order valence-corrected chi connectivity index (χ1v) is 11.3. The molecular formula is C24H26N2O4S. The highest BCUT2D eigenvalue weighted by Crippen LogP contribution is 2.26. The van der Waals surface area contributed by atoms with Crippen LogP contribution in [-0.4, -0.2) is 28.0 Å². The molecule has 0 radical (unpaired) electrons. The van der Waals surface area contributed by atoms with Crippen LogP contribution in [0.25, 0.3) is 0 Å². The van der Waals surface area contributed by atoms with E-state index in [1.54, 1.807) is 42.5 Å². The number of benzene rings is 3. The molecular weight excluding hydrogens is 412 g/mol. The van der Waals surface area contributed by atoms with E-state index in [9.17, 15) is 13.2 Å². The highest BCUT2D eigenvalue weighted by molar-refractivity contribution is 7.92. The van der Waals surface area contributed by atoms with Crippen LogP contribution in [0.15, 0.2) is 71.6 Å². The van der Waals surface area contributed by atoms with Gasteiger partial charge in [-0.25, -0.2) is 8.42 Å². The van der Waals surface area contributed by atoms with Gasteiger partial charge in [-0.2, -0.15) is 0 Å². The highest BCUT2D eigenvalue weighted by Gasteiger charge is 2.27. The summed E-state index contributed by atoms with van der Waals surface area (Å²) in [5.74, 6) is 0.129. The van der Waals surface area contributed by atoms with E-state index in [0.717, 1.165) is 21.0 Å². The normalized spacial score (nSPS) is 11.1. The quantitative estimate of drug-likeness (QED) is 0.591. The maximum atomic E-state index is 13.4. The Balaban J connectivity index is 1.94. The van der Waals surface area contributed by atoms with E-state index in [1.165, 1.54) is 19.2 Å². The molecule has 0 unspecified atom stereocenters. The summed E-state index contributed by atoms with van der Waals surface area (Å²) in [6, 6.07) is 18.6. The number of amides is 1. The van der Waals surface area contributed by atoms with Gasteiger partial charge >= 0.3 is 0 Å². The van der Waals surface area contributed by atoms with Crippen LogP contribution in [0.4, 0.5) is 11.4 Å². The number of anilines is 2. The average molecular weight is 439 g/mol. The zero-order chi connectivity index (χ0) is 22.6. The molecule has 0 saturated heterocycles. The van der Waals surface area contributed by atoms with Crippen molar-refractivity contribution in [3.63, 3.8) is 0 Å². The van der Waals surface area contributed by atoms with Gasteiger partial charge in [-0.3, -0.25) is 9.10 Å². The number of nitrogens with one attached hydrogen (secondary N) is 1. The number of aryl methyl sites for hydroxylation is 3. The predicted octanol–water partition coefficient (Wildman–Crippen LogP) is 4.45.